The van der Waals surface area contributed by atoms with Gasteiger partial charge in [-0.05, 0) is 55.7 Å². The number of nitrogens with zero attached hydrogens (tertiary/aromatic N) is 1. The second kappa shape index (κ2) is 8.55. The molecule has 1 unspecified atom stereocenters. The molecule has 0 spiro atoms. The van der Waals surface area contributed by atoms with Crippen LogP contribution in [0.2, 0.25) is 0 Å². The molecule has 1 aromatic carbocycles. The van der Waals surface area contributed by atoms with E-state index in [1.807, 2.05) is 6.92 Å². The van der Waals surface area contributed by atoms with Crippen molar-refractivity contribution in [2.75, 3.05) is 13.2 Å². The van der Waals surface area contributed by atoms with Crippen LogP contribution in [0, 0.1) is 12.8 Å². The molecule has 1 N–H and O–H groups in total. The Morgan fingerprint density at radius 3 is 2.41 bits per heavy atom. The molecule has 3 rings (SSSR count). The van der Waals surface area contributed by atoms with E-state index in [-0.39, 0.29) is 11.3 Å². The van der Waals surface area contributed by atoms with Crippen LogP contribution < -0.4 is 4.74 Å². The van der Waals surface area contributed by atoms with Crippen LogP contribution in [-0.2, 0) is 9.59 Å². The highest BCUT2D eigenvalue weighted by Gasteiger charge is 2.47. The summed E-state index contributed by atoms with van der Waals surface area (Å²) in [6.07, 6.45) is 0.686. The van der Waals surface area contributed by atoms with Gasteiger partial charge in [0.15, 0.2) is 0 Å². The molecule has 6 nitrogen and oxygen atoms in total. The molecule has 1 atom stereocenters. The van der Waals surface area contributed by atoms with Crippen LogP contribution in [0.1, 0.15) is 50.3 Å². The Bertz CT molecular complexity index is 923. The molecular formula is C23H27NO5. The monoisotopic (exact) mass is 397 g/mol. The average molecular weight is 397 g/mol. The van der Waals surface area contributed by atoms with Crippen molar-refractivity contribution in [2.24, 2.45) is 5.92 Å². The van der Waals surface area contributed by atoms with Crippen molar-refractivity contribution in [3.8, 4) is 5.75 Å². The number of amides is 1. The number of carbonyl (C=O) groups is 2. The average Bonchev–Trinajstić information content (AvgIpc) is 3.23. The van der Waals surface area contributed by atoms with Crippen molar-refractivity contribution in [2.45, 2.75) is 40.2 Å². The van der Waals surface area contributed by atoms with Gasteiger partial charge in [-0.2, -0.15) is 0 Å². The summed E-state index contributed by atoms with van der Waals surface area (Å²) in [5.74, 6) is 0.687. The molecule has 0 bridgehead atoms. The molecule has 1 saturated heterocycles. The van der Waals surface area contributed by atoms with Crippen molar-refractivity contribution < 1.29 is 23.8 Å². The van der Waals surface area contributed by atoms with Crippen molar-refractivity contribution in [1.29, 1.82) is 0 Å². The number of Topliss-reactive ketones (excluding diaryl/α,β-unsaturated/α-hetero) is 1. The molecule has 0 aliphatic carbocycles. The standard InChI is InChI=1S/C23H27NO5/c1-5-12-24-20(18-11-6-15(4)29-18)19(22(26)23(24)27)21(25)16-7-9-17(10-8-16)28-13-14(2)3/h6-11,14,20,25H,5,12-13H2,1-4H3/b21-19-. The van der Waals surface area contributed by atoms with Crippen molar-refractivity contribution in [3.05, 3.63) is 59.1 Å². The lowest BCUT2D eigenvalue weighted by Crippen LogP contribution is -2.30. The number of carbonyl (C=O) groups excluding carboxylic acids is 2. The zero-order valence-electron chi connectivity index (χ0n) is 17.3. The summed E-state index contributed by atoms with van der Waals surface area (Å²) in [6.45, 7) is 8.84. The number of furan rings is 1. The van der Waals surface area contributed by atoms with E-state index in [2.05, 4.69) is 13.8 Å². The highest BCUT2D eigenvalue weighted by Crippen LogP contribution is 2.40. The lowest BCUT2D eigenvalue weighted by Gasteiger charge is -2.22. The first-order valence-electron chi connectivity index (χ1n) is 9.91. The summed E-state index contributed by atoms with van der Waals surface area (Å²) < 4.78 is 11.4. The second-order valence-corrected chi connectivity index (χ2v) is 7.67. The second-order valence-electron chi connectivity index (χ2n) is 7.67. The molecule has 0 saturated carbocycles. The van der Waals surface area contributed by atoms with Gasteiger partial charge in [0.1, 0.15) is 29.1 Å². The fourth-order valence-electron chi connectivity index (χ4n) is 3.38. The van der Waals surface area contributed by atoms with E-state index in [1.54, 1.807) is 43.3 Å². The molecule has 2 heterocycles. The zero-order chi connectivity index (χ0) is 21.1. The van der Waals surface area contributed by atoms with Gasteiger partial charge in [0.25, 0.3) is 11.7 Å². The Morgan fingerprint density at radius 2 is 1.86 bits per heavy atom. The van der Waals surface area contributed by atoms with Crippen LogP contribution in [0.5, 0.6) is 5.75 Å². The predicted octanol–water partition coefficient (Wildman–Crippen LogP) is 4.45. The van der Waals surface area contributed by atoms with E-state index in [9.17, 15) is 14.7 Å². The Kier molecular flexibility index (Phi) is 6.11. The Balaban J connectivity index is 2.01. The minimum atomic E-state index is -0.736. The minimum Gasteiger partial charge on any atom is -0.507 e. The zero-order valence-corrected chi connectivity index (χ0v) is 17.3. The number of hydrogen-bond donors (Lipinski definition) is 1. The third-order valence-electron chi connectivity index (χ3n) is 4.75. The third-order valence-corrected chi connectivity index (χ3v) is 4.75. The van der Waals surface area contributed by atoms with E-state index in [0.717, 1.165) is 0 Å². The molecule has 1 fully saturated rings. The predicted molar refractivity (Wildman–Crippen MR) is 110 cm³/mol. The first-order valence-corrected chi connectivity index (χ1v) is 9.91. The number of rotatable bonds is 7. The molecule has 1 aliphatic rings. The molecule has 2 aromatic rings. The molecule has 154 valence electrons. The SMILES string of the molecule is CCCN1C(=O)C(=O)/C(=C(\O)c2ccc(OCC(C)C)cc2)C1c1ccc(C)o1. The summed E-state index contributed by atoms with van der Waals surface area (Å²) in [4.78, 5) is 26.8. The number of hydrogen-bond acceptors (Lipinski definition) is 5. The lowest BCUT2D eigenvalue weighted by molar-refractivity contribution is -0.140. The Morgan fingerprint density at radius 1 is 1.17 bits per heavy atom. The molecule has 6 heteroatoms. The van der Waals surface area contributed by atoms with Gasteiger partial charge in [0, 0.05) is 12.1 Å². The number of likely N-dealkylation sites (tertiary alicyclic amines) is 1. The molecule has 0 radical (unpaired) electrons. The van der Waals surface area contributed by atoms with Crippen LogP contribution in [0.4, 0.5) is 0 Å². The first kappa shape index (κ1) is 20.7. The number of ether oxygens (including phenoxy) is 1. The molecule has 1 amide bonds. The first-order chi connectivity index (χ1) is 13.8. The maximum absolute atomic E-state index is 12.8. The van der Waals surface area contributed by atoms with Crippen LogP contribution in [0.15, 0.2) is 46.4 Å². The quantitative estimate of drug-likeness (QED) is 0.424. The lowest BCUT2D eigenvalue weighted by atomic mass is 9.99. The number of ketones is 1. The van der Waals surface area contributed by atoms with E-state index in [4.69, 9.17) is 9.15 Å². The highest BCUT2D eigenvalue weighted by atomic mass is 16.5. The summed E-state index contributed by atoms with van der Waals surface area (Å²) >= 11 is 0. The Labute approximate surface area is 170 Å². The molecule has 29 heavy (non-hydrogen) atoms. The van der Waals surface area contributed by atoms with Crippen LogP contribution in [-0.4, -0.2) is 34.8 Å². The van der Waals surface area contributed by atoms with Crippen molar-refractivity contribution >= 4 is 17.4 Å². The van der Waals surface area contributed by atoms with Crippen LogP contribution in [0.25, 0.3) is 5.76 Å². The van der Waals surface area contributed by atoms with E-state index in [1.165, 1.54) is 4.90 Å². The van der Waals surface area contributed by atoms with E-state index < -0.39 is 17.7 Å². The van der Waals surface area contributed by atoms with Gasteiger partial charge < -0.3 is 19.2 Å². The number of aliphatic hydroxyl groups excluding tert-OH is 1. The molecular weight excluding hydrogens is 370 g/mol. The van der Waals surface area contributed by atoms with Crippen molar-refractivity contribution in [1.82, 2.24) is 4.90 Å². The van der Waals surface area contributed by atoms with Crippen LogP contribution in [0.3, 0.4) is 0 Å². The van der Waals surface area contributed by atoms with E-state index >= 15 is 0 Å². The van der Waals surface area contributed by atoms with Gasteiger partial charge >= 0.3 is 0 Å². The number of aryl methyl sites for hydroxylation is 1. The summed E-state index contributed by atoms with van der Waals surface area (Å²) in [6, 6.07) is 9.63. The highest BCUT2D eigenvalue weighted by molar-refractivity contribution is 6.46. The maximum Gasteiger partial charge on any atom is 0.295 e. The molecule has 1 aromatic heterocycles. The fourth-order valence-corrected chi connectivity index (χ4v) is 3.38. The topological polar surface area (TPSA) is 80.0 Å². The smallest absolute Gasteiger partial charge is 0.295 e. The van der Waals surface area contributed by atoms with Gasteiger partial charge in [0.2, 0.25) is 0 Å². The summed E-state index contributed by atoms with van der Waals surface area (Å²) in [5, 5.41) is 10.9. The largest absolute Gasteiger partial charge is 0.507 e. The Hall–Kier alpha value is -3.02. The number of aliphatic hydroxyl groups is 1. The van der Waals surface area contributed by atoms with Crippen molar-refractivity contribution in [3.63, 3.8) is 0 Å². The minimum absolute atomic E-state index is 0.0497. The van der Waals surface area contributed by atoms with Crippen LogP contribution >= 0.6 is 0 Å². The van der Waals surface area contributed by atoms with Gasteiger partial charge in [0.05, 0.1) is 12.2 Å². The third kappa shape index (κ3) is 4.21. The van der Waals surface area contributed by atoms with Gasteiger partial charge in [-0.3, -0.25) is 9.59 Å². The maximum atomic E-state index is 12.8. The fraction of sp³-hybridized carbons (Fsp3) is 0.391. The number of benzene rings is 1. The summed E-state index contributed by atoms with van der Waals surface area (Å²) in [5.41, 5.74) is 0.498. The van der Waals surface area contributed by atoms with Gasteiger partial charge in [-0.15, -0.1) is 0 Å². The van der Waals surface area contributed by atoms with Gasteiger partial charge in [-0.25, -0.2) is 0 Å². The van der Waals surface area contributed by atoms with Gasteiger partial charge in [-0.1, -0.05) is 20.8 Å². The summed E-state index contributed by atoms with van der Waals surface area (Å²) in [7, 11) is 0. The molecule has 1 aliphatic heterocycles. The normalized spacial score (nSPS) is 18.7. The van der Waals surface area contributed by atoms with E-state index in [0.29, 0.717) is 48.3 Å².